The summed E-state index contributed by atoms with van der Waals surface area (Å²) in [5.74, 6) is 0. The predicted octanol–water partition coefficient (Wildman–Crippen LogP) is 10.1. The van der Waals surface area contributed by atoms with E-state index < -0.39 is 0 Å². The van der Waals surface area contributed by atoms with Crippen LogP contribution in [0.1, 0.15) is 148 Å². The summed E-state index contributed by atoms with van der Waals surface area (Å²) in [5, 5.41) is 0. The van der Waals surface area contributed by atoms with Crippen molar-refractivity contribution in [3.05, 3.63) is 35.9 Å². The maximum absolute atomic E-state index is 2.63. The van der Waals surface area contributed by atoms with Gasteiger partial charge in [0, 0.05) is 6.04 Å². The van der Waals surface area contributed by atoms with E-state index in [1.54, 1.807) is 0 Å². The maximum Gasteiger partial charge on any atom is 0.0347 e. The molecule has 180 valence electrons. The van der Waals surface area contributed by atoms with Crippen LogP contribution < -0.4 is 0 Å². The molecule has 1 nitrogen and oxygen atoms in total. The van der Waals surface area contributed by atoms with Crippen LogP contribution in [0.15, 0.2) is 30.3 Å². The van der Waals surface area contributed by atoms with E-state index in [1.165, 1.54) is 121 Å². The highest BCUT2D eigenvalue weighted by Crippen LogP contribution is 2.26. The smallest absolute Gasteiger partial charge is 0.0347 e. The Kier molecular flexibility index (Phi) is 19.2. The fraction of sp³-hybridized carbons (Fsp3) is 0.800. The van der Waals surface area contributed by atoms with Crippen LogP contribution >= 0.6 is 0 Å². The molecule has 0 bridgehead atoms. The number of unbranched alkanes of at least 4 members (excludes halogenated alkanes) is 16. The van der Waals surface area contributed by atoms with Gasteiger partial charge in [-0.2, -0.15) is 0 Å². The number of benzene rings is 1. The molecule has 0 amide bonds. The van der Waals surface area contributed by atoms with Gasteiger partial charge in [-0.15, -0.1) is 0 Å². The Hall–Kier alpha value is -0.820. The van der Waals surface area contributed by atoms with Crippen molar-refractivity contribution in [2.75, 3.05) is 13.1 Å². The molecule has 31 heavy (non-hydrogen) atoms. The van der Waals surface area contributed by atoms with Gasteiger partial charge in [0.1, 0.15) is 0 Å². The molecule has 1 aromatic carbocycles. The third kappa shape index (κ3) is 14.8. The molecule has 0 aliphatic heterocycles. The van der Waals surface area contributed by atoms with Crippen LogP contribution in [-0.4, -0.2) is 18.0 Å². The van der Waals surface area contributed by atoms with Gasteiger partial charge in [0.25, 0.3) is 0 Å². The van der Waals surface area contributed by atoms with Crippen LogP contribution in [-0.2, 0) is 0 Å². The number of rotatable bonds is 22. The van der Waals surface area contributed by atoms with Crippen molar-refractivity contribution in [1.29, 1.82) is 0 Å². The lowest BCUT2D eigenvalue weighted by Gasteiger charge is -2.30. The average Bonchev–Trinajstić information content (AvgIpc) is 2.81. The molecule has 0 saturated heterocycles. The molecular formula is C30H55N. The normalized spacial score (nSPS) is 12.5. The second-order valence-electron chi connectivity index (χ2n) is 9.59. The second kappa shape index (κ2) is 21.0. The summed E-state index contributed by atoms with van der Waals surface area (Å²) in [7, 11) is 0. The molecule has 0 aliphatic carbocycles. The summed E-state index contributed by atoms with van der Waals surface area (Å²) in [6.07, 6.45) is 25.9. The SMILES string of the molecule is CCCCCCCCCCCCCCCCCCCC(c1ccccc1)N(CC)CC. The summed E-state index contributed by atoms with van der Waals surface area (Å²) >= 11 is 0. The van der Waals surface area contributed by atoms with Crippen LogP contribution in [0.4, 0.5) is 0 Å². The fourth-order valence-electron chi connectivity index (χ4n) is 4.96. The van der Waals surface area contributed by atoms with E-state index in [1.807, 2.05) is 0 Å². The van der Waals surface area contributed by atoms with Gasteiger partial charge in [-0.25, -0.2) is 0 Å². The van der Waals surface area contributed by atoms with E-state index in [0.717, 1.165) is 13.1 Å². The molecule has 0 radical (unpaired) electrons. The van der Waals surface area contributed by atoms with Gasteiger partial charge >= 0.3 is 0 Å². The lowest BCUT2D eigenvalue weighted by atomic mass is 9.97. The van der Waals surface area contributed by atoms with Crippen LogP contribution in [0, 0.1) is 0 Å². The Morgan fingerprint density at radius 3 is 1.29 bits per heavy atom. The van der Waals surface area contributed by atoms with Crippen LogP contribution in [0.3, 0.4) is 0 Å². The average molecular weight is 430 g/mol. The zero-order chi connectivity index (χ0) is 22.4. The second-order valence-corrected chi connectivity index (χ2v) is 9.59. The van der Waals surface area contributed by atoms with Crippen molar-refractivity contribution in [3.8, 4) is 0 Å². The van der Waals surface area contributed by atoms with Gasteiger partial charge in [0.2, 0.25) is 0 Å². The number of nitrogens with zero attached hydrogens (tertiary/aromatic N) is 1. The zero-order valence-electron chi connectivity index (χ0n) is 21.6. The van der Waals surface area contributed by atoms with Crippen LogP contribution in [0.2, 0.25) is 0 Å². The summed E-state index contributed by atoms with van der Waals surface area (Å²) in [4.78, 5) is 2.63. The van der Waals surface area contributed by atoms with E-state index in [-0.39, 0.29) is 0 Å². The first-order valence-corrected chi connectivity index (χ1v) is 14.1. The highest BCUT2D eigenvalue weighted by atomic mass is 15.1. The Bertz CT molecular complexity index is 465. The summed E-state index contributed by atoms with van der Waals surface area (Å²) in [5.41, 5.74) is 1.50. The molecule has 0 saturated carbocycles. The fourth-order valence-corrected chi connectivity index (χ4v) is 4.96. The third-order valence-corrected chi connectivity index (χ3v) is 7.02. The summed E-state index contributed by atoms with van der Waals surface area (Å²) in [6, 6.07) is 11.8. The van der Waals surface area contributed by atoms with Gasteiger partial charge < -0.3 is 0 Å². The van der Waals surface area contributed by atoms with Crippen molar-refractivity contribution in [2.24, 2.45) is 0 Å². The monoisotopic (exact) mass is 429 g/mol. The van der Waals surface area contributed by atoms with Crippen molar-refractivity contribution in [1.82, 2.24) is 4.90 Å². The third-order valence-electron chi connectivity index (χ3n) is 7.02. The van der Waals surface area contributed by atoms with Crippen molar-refractivity contribution < 1.29 is 0 Å². The molecular weight excluding hydrogens is 374 g/mol. The molecule has 1 unspecified atom stereocenters. The predicted molar refractivity (Wildman–Crippen MR) is 141 cm³/mol. The minimum Gasteiger partial charge on any atom is -0.297 e. The number of hydrogen-bond donors (Lipinski definition) is 0. The highest BCUT2D eigenvalue weighted by Gasteiger charge is 2.16. The Balaban J connectivity index is 1.95. The molecule has 1 heteroatoms. The Morgan fingerprint density at radius 2 is 0.903 bits per heavy atom. The van der Waals surface area contributed by atoms with E-state index in [0.29, 0.717) is 6.04 Å². The lowest BCUT2D eigenvalue weighted by molar-refractivity contribution is 0.204. The quantitative estimate of drug-likeness (QED) is 0.166. The van der Waals surface area contributed by atoms with Crippen LogP contribution in [0.25, 0.3) is 0 Å². The van der Waals surface area contributed by atoms with Gasteiger partial charge in [-0.3, -0.25) is 4.90 Å². The Labute approximate surface area is 196 Å². The largest absolute Gasteiger partial charge is 0.297 e. The molecule has 1 rings (SSSR count). The summed E-state index contributed by atoms with van der Waals surface area (Å²) in [6.45, 7) is 9.20. The first-order valence-electron chi connectivity index (χ1n) is 14.1. The van der Waals surface area contributed by atoms with E-state index in [2.05, 4.69) is 56.0 Å². The summed E-state index contributed by atoms with van der Waals surface area (Å²) < 4.78 is 0. The first-order chi connectivity index (χ1) is 15.3. The molecule has 0 N–H and O–H groups in total. The van der Waals surface area contributed by atoms with E-state index in [4.69, 9.17) is 0 Å². The maximum atomic E-state index is 2.63. The zero-order valence-corrected chi connectivity index (χ0v) is 21.6. The van der Waals surface area contributed by atoms with Gasteiger partial charge in [0.15, 0.2) is 0 Å². The van der Waals surface area contributed by atoms with Gasteiger partial charge in [-0.1, -0.05) is 160 Å². The van der Waals surface area contributed by atoms with Gasteiger partial charge in [0.05, 0.1) is 0 Å². The minimum absolute atomic E-state index is 0.604. The molecule has 0 spiro atoms. The topological polar surface area (TPSA) is 3.24 Å². The van der Waals surface area contributed by atoms with Crippen molar-refractivity contribution in [2.45, 2.75) is 142 Å². The minimum atomic E-state index is 0.604. The molecule has 1 aromatic rings. The Morgan fingerprint density at radius 1 is 0.516 bits per heavy atom. The van der Waals surface area contributed by atoms with Gasteiger partial charge in [-0.05, 0) is 25.1 Å². The molecule has 0 heterocycles. The van der Waals surface area contributed by atoms with E-state index in [9.17, 15) is 0 Å². The standard InChI is InChI=1S/C30H55N/c1-4-7-8-9-10-11-12-13-14-15-16-17-18-19-20-21-25-28-30(31(5-2)6-3)29-26-23-22-24-27-29/h22-24,26-27,30H,4-21,25,28H2,1-3H3. The molecule has 0 fully saturated rings. The van der Waals surface area contributed by atoms with E-state index >= 15 is 0 Å². The van der Waals surface area contributed by atoms with Crippen LogP contribution in [0.5, 0.6) is 0 Å². The first kappa shape index (κ1) is 28.2. The highest BCUT2D eigenvalue weighted by molar-refractivity contribution is 5.19. The van der Waals surface area contributed by atoms with Crippen molar-refractivity contribution >= 4 is 0 Å². The van der Waals surface area contributed by atoms with Crippen molar-refractivity contribution in [3.63, 3.8) is 0 Å². The number of hydrogen-bond acceptors (Lipinski definition) is 1. The lowest BCUT2D eigenvalue weighted by Crippen LogP contribution is -2.28. The molecule has 1 atom stereocenters. The molecule has 0 aromatic heterocycles. The molecule has 0 aliphatic rings.